The lowest BCUT2D eigenvalue weighted by Crippen LogP contribution is -2.27. The van der Waals surface area contributed by atoms with E-state index in [4.69, 9.17) is 5.26 Å². The molecule has 1 amide bonds. The number of benzene rings is 2. The van der Waals surface area contributed by atoms with Gasteiger partial charge in [-0.1, -0.05) is 18.2 Å². The van der Waals surface area contributed by atoms with E-state index in [0.29, 0.717) is 29.8 Å². The van der Waals surface area contributed by atoms with E-state index < -0.39 is 0 Å². The summed E-state index contributed by atoms with van der Waals surface area (Å²) in [6.45, 7) is 0.294. The zero-order valence-electron chi connectivity index (χ0n) is 14.3. The molecule has 0 saturated carbocycles. The van der Waals surface area contributed by atoms with Crippen molar-refractivity contribution in [3.63, 3.8) is 0 Å². The third-order valence-electron chi connectivity index (χ3n) is 3.80. The van der Waals surface area contributed by atoms with Gasteiger partial charge in [-0.15, -0.1) is 0 Å². The van der Waals surface area contributed by atoms with Crippen LogP contribution in [0.3, 0.4) is 0 Å². The first-order valence-electron chi connectivity index (χ1n) is 8.27. The first-order valence-corrected chi connectivity index (χ1v) is 8.27. The molecule has 1 aromatic heterocycles. The number of hydrogen-bond acceptors (Lipinski definition) is 5. The fourth-order valence-electron chi connectivity index (χ4n) is 2.40. The van der Waals surface area contributed by atoms with Gasteiger partial charge in [0.25, 0.3) is 5.91 Å². The van der Waals surface area contributed by atoms with Gasteiger partial charge in [-0.2, -0.15) is 5.26 Å². The molecule has 1 heterocycles. The van der Waals surface area contributed by atoms with Crippen LogP contribution in [0.25, 0.3) is 0 Å². The quantitative estimate of drug-likeness (QED) is 0.704. The number of carbonyl (C=O) groups excluding carboxylic acids is 1. The fraction of sp³-hybridized carbons (Fsp3) is 0.100. The topological polar surface area (TPSA) is 90.7 Å². The lowest BCUT2D eigenvalue weighted by atomic mass is 10.1. The average molecular weight is 361 g/mol. The molecule has 7 heteroatoms. The van der Waals surface area contributed by atoms with Crippen LogP contribution < -0.4 is 10.6 Å². The van der Waals surface area contributed by atoms with Crippen LogP contribution in [0.5, 0.6) is 0 Å². The first-order chi connectivity index (χ1) is 13.2. The summed E-state index contributed by atoms with van der Waals surface area (Å²) in [4.78, 5) is 20.5. The van der Waals surface area contributed by atoms with E-state index in [1.165, 1.54) is 18.3 Å². The second-order valence-electron chi connectivity index (χ2n) is 5.68. The maximum Gasteiger partial charge on any atom is 0.270 e. The maximum absolute atomic E-state index is 13.6. The molecule has 3 aromatic rings. The van der Waals surface area contributed by atoms with Gasteiger partial charge >= 0.3 is 0 Å². The van der Waals surface area contributed by atoms with Gasteiger partial charge in [0.15, 0.2) is 0 Å². The van der Waals surface area contributed by atoms with E-state index in [1.807, 2.05) is 6.07 Å². The molecule has 27 heavy (non-hydrogen) atoms. The summed E-state index contributed by atoms with van der Waals surface area (Å²) >= 11 is 0. The van der Waals surface area contributed by atoms with Gasteiger partial charge < -0.3 is 10.6 Å². The van der Waals surface area contributed by atoms with Crippen LogP contribution in [0.15, 0.2) is 60.8 Å². The Morgan fingerprint density at radius 1 is 1.11 bits per heavy atom. The largest absolute Gasteiger partial charge is 0.350 e. The van der Waals surface area contributed by atoms with Gasteiger partial charge in [0, 0.05) is 18.4 Å². The number of carbonyl (C=O) groups is 1. The molecule has 134 valence electrons. The summed E-state index contributed by atoms with van der Waals surface area (Å²) in [5.41, 5.74) is 1.99. The highest BCUT2D eigenvalue weighted by Crippen LogP contribution is 2.13. The van der Waals surface area contributed by atoms with Crippen molar-refractivity contribution in [2.24, 2.45) is 0 Å². The number of rotatable bonds is 6. The molecule has 0 unspecified atom stereocenters. The van der Waals surface area contributed by atoms with Gasteiger partial charge in [0.2, 0.25) is 5.95 Å². The standard InChI is InChI=1S/C20H16FN5O/c21-17-4-2-1-3-15(17)9-11-23-19(27)18-10-12-24-20(26-18)25-16-7-5-14(13-22)6-8-16/h1-8,10,12H,9,11H2,(H,23,27)(H,24,25,26). The Bertz CT molecular complexity index is 982. The lowest BCUT2D eigenvalue weighted by molar-refractivity contribution is 0.0949. The Balaban J connectivity index is 1.59. The minimum atomic E-state index is -0.364. The van der Waals surface area contributed by atoms with Gasteiger partial charge in [0.05, 0.1) is 11.6 Å². The van der Waals surface area contributed by atoms with E-state index in [2.05, 4.69) is 20.6 Å². The van der Waals surface area contributed by atoms with Crippen molar-refractivity contribution in [2.75, 3.05) is 11.9 Å². The van der Waals surface area contributed by atoms with E-state index in [1.54, 1.807) is 42.5 Å². The molecule has 0 saturated heterocycles. The third kappa shape index (κ3) is 4.86. The second kappa shape index (κ2) is 8.54. The summed E-state index contributed by atoms with van der Waals surface area (Å²) < 4.78 is 13.6. The summed E-state index contributed by atoms with van der Waals surface area (Å²) in [6.07, 6.45) is 1.87. The molecular formula is C20H16FN5O. The van der Waals surface area contributed by atoms with Crippen LogP contribution >= 0.6 is 0 Å². The average Bonchev–Trinajstić information content (AvgIpc) is 2.70. The van der Waals surface area contributed by atoms with Gasteiger partial charge in [-0.25, -0.2) is 14.4 Å². The SMILES string of the molecule is N#Cc1ccc(Nc2nccc(C(=O)NCCc3ccccc3F)n2)cc1. The fourth-order valence-corrected chi connectivity index (χ4v) is 2.40. The molecule has 0 bridgehead atoms. The van der Waals surface area contributed by atoms with E-state index in [0.717, 1.165) is 0 Å². The van der Waals surface area contributed by atoms with Crippen molar-refractivity contribution >= 4 is 17.5 Å². The molecule has 0 fully saturated rings. The molecule has 0 aliphatic rings. The predicted molar refractivity (Wildman–Crippen MR) is 98.9 cm³/mol. The highest BCUT2D eigenvalue weighted by Gasteiger charge is 2.09. The lowest BCUT2D eigenvalue weighted by Gasteiger charge is -2.08. The maximum atomic E-state index is 13.6. The van der Waals surface area contributed by atoms with Gasteiger partial charge in [-0.05, 0) is 48.4 Å². The number of anilines is 2. The minimum absolute atomic E-state index is 0.203. The molecule has 2 N–H and O–H groups in total. The highest BCUT2D eigenvalue weighted by molar-refractivity contribution is 5.92. The molecule has 6 nitrogen and oxygen atoms in total. The zero-order chi connectivity index (χ0) is 19.1. The summed E-state index contributed by atoms with van der Waals surface area (Å²) in [5, 5.41) is 14.5. The Labute approximate surface area is 155 Å². The van der Waals surface area contributed by atoms with Crippen molar-refractivity contribution in [1.82, 2.24) is 15.3 Å². The van der Waals surface area contributed by atoms with Gasteiger partial charge in [-0.3, -0.25) is 4.79 Å². The monoisotopic (exact) mass is 361 g/mol. The summed E-state index contributed by atoms with van der Waals surface area (Å²) in [7, 11) is 0. The van der Waals surface area contributed by atoms with Crippen molar-refractivity contribution in [1.29, 1.82) is 5.26 Å². The predicted octanol–water partition coefficient (Wildman–Crippen LogP) is 3.20. The van der Waals surface area contributed by atoms with E-state index in [-0.39, 0.29) is 23.4 Å². The molecule has 0 atom stereocenters. The van der Waals surface area contributed by atoms with Crippen molar-refractivity contribution in [3.8, 4) is 6.07 Å². The van der Waals surface area contributed by atoms with Crippen LogP contribution in [0.1, 0.15) is 21.6 Å². The van der Waals surface area contributed by atoms with Crippen LogP contribution in [-0.4, -0.2) is 22.4 Å². The number of nitrogens with one attached hydrogen (secondary N) is 2. The summed E-state index contributed by atoms with van der Waals surface area (Å²) in [5.74, 6) is -0.388. The van der Waals surface area contributed by atoms with Crippen LogP contribution in [0, 0.1) is 17.1 Å². The number of hydrogen-bond donors (Lipinski definition) is 2. The zero-order valence-corrected chi connectivity index (χ0v) is 14.3. The molecule has 0 spiro atoms. The van der Waals surface area contributed by atoms with Crippen LogP contribution in [-0.2, 0) is 6.42 Å². The molecule has 0 radical (unpaired) electrons. The number of amides is 1. The molecule has 0 aliphatic carbocycles. The molecule has 0 aliphatic heterocycles. The van der Waals surface area contributed by atoms with E-state index >= 15 is 0 Å². The Hall–Kier alpha value is -3.79. The number of nitrogens with zero attached hydrogens (tertiary/aromatic N) is 3. The Kier molecular flexibility index (Phi) is 5.70. The number of nitriles is 1. The van der Waals surface area contributed by atoms with Gasteiger partial charge in [0.1, 0.15) is 11.5 Å². The number of halogens is 1. The second-order valence-corrected chi connectivity index (χ2v) is 5.68. The van der Waals surface area contributed by atoms with Crippen LogP contribution in [0.2, 0.25) is 0 Å². The van der Waals surface area contributed by atoms with Crippen molar-refractivity contribution < 1.29 is 9.18 Å². The molecular weight excluding hydrogens is 345 g/mol. The minimum Gasteiger partial charge on any atom is -0.350 e. The Morgan fingerprint density at radius 2 is 1.89 bits per heavy atom. The summed E-state index contributed by atoms with van der Waals surface area (Å²) in [6, 6.07) is 16.8. The van der Waals surface area contributed by atoms with Crippen LogP contribution in [0.4, 0.5) is 16.0 Å². The third-order valence-corrected chi connectivity index (χ3v) is 3.80. The van der Waals surface area contributed by atoms with E-state index in [9.17, 15) is 9.18 Å². The molecule has 2 aromatic carbocycles. The van der Waals surface area contributed by atoms with Crippen molar-refractivity contribution in [2.45, 2.75) is 6.42 Å². The number of aromatic nitrogens is 2. The normalized spacial score (nSPS) is 10.1. The first kappa shape index (κ1) is 18.0. The molecule has 3 rings (SSSR count). The smallest absolute Gasteiger partial charge is 0.270 e. The highest BCUT2D eigenvalue weighted by atomic mass is 19.1. The van der Waals surface area contributed by atoms with Crippen molar-refractivity contribution in [3.05, 3.63) is 83.4 Å². The Morgan fingerprint density at radius 3 is 2.63 bits per heavy atom.